The fourth-order valence-corrected chi connectivity index (χ4v) is 3.28. The van der Waals surface area contributed by atoms with E-state index in [1.54, 1.807) is 12.1 Å². The molecule has 5 heteroatoms. The molecule has 1 heterocycles. The van der Waals surface area contributed by atoms with Gasteiger partial charge in [0, 0.05) is 44.3 Å². The summed E-state index contributed by atoms with van der Waals surface area (Å²) in [5, 5.41) is 10.9. The third kappa shape index (κ3) is 5.99. The van der Waals surface area contributed by atoms with Crippen LogP contribution in [0.3, 0.4) is 0 Å². The smallest absolute Gasteiger partial charge is 0.119 e. The van der Waals surface area contributed by atoms with Gasteiger partial charge in [0.25, 0.3) is 0 Å². The van der Waals surface area contributed by atoms with Crippen molar-refractivity contribution in [2.45, 2.75) is 19.6 Å². The molecule has 0 aliphatic carbocycles. The molecule has 0 bridgehead atoms. The Morgan fingerprint density at radius 2 is 1.58 bits per heavy atom. The summed E-state index contributed by atoms with van der Waals surface area (Å²) in [7, 11) is 0. The minimum absolute atomic E-state index is 0.297. The average Bonchev–Trinajstić information content (AvgIpc) is 2.65. The molecule has 0 aromatic heterocycles. The van der Waals surface area contributed by atoms with Crippen LogP contribution in [0.25, 0.3) is 0 Å². The van der Waals surface area contributed by atoms with Crippen molar-refractivity contribution in [1.82, 2.24) is 9.80 Å². The molecule has 1 aliphatic heterocycles. The maximum Gasteiger partial charge on any atom is 0.119 e. The van der Waals surface area contributed by atoms with Gasteiger partial charge in [-0.15, -0.1) is 0 Å². The second kappa shape index (κ2) is 9.38. The summed E-state index contributed by atoms with van der Waals surface area (Å²) in [6.45, 7) is 8.06. The Kier molecular flexibility index (Phi) is 6.92. The van der Waals surface area contributed by atoms with Crippen LogP contribution in [0.1, 0.15) is 11.1 Å². The minimum atomic E-state index is -0.491. The first-order valence-corrected chi connectivity index (χ1v) is 9.53. The molecule has 140 valence electrons. The highest BCUT2D eigenvalue weighted by Crippen LogP contribution is 2.16. The molecular weight excluding hydrogens is 348 g/mol. The molecule has 4 nitrogen and oxygen atoms in total. The predicted molar refractivity (Wildman–Crippen MR) is 106 cm³/mol. The van der Waals surface area contributed by atoms with Gasteiger partial charge >= 0.3 is 0 Å². The first-order chi connectivity index (χ1) is 12.6. The van der Waals surface area contributed by atoms with Crippen LogP contribution >= 0.6 is 11.6 Å². The van der Waals surface area contributed by atoms with Crippen LogP contribution in [0.2, 0.25) is 5.02 Å². The maximum absolute atomic E-state index is 10.2. The minimum Gasteiger partial charge on any atom is -0.491 e. The van der Waals surface area contributed by atoms with Gasteiger partial charge in [-0.05, 0) is 36.8 Å². The molecule has 0 spiro atoms. The Balaban J connectivity index is 1.36. The zero-order valence-electron chi connectivity index (χ0n) is 15.3. The molecule has 1 unspecified atom stereocenters. The monoisotopic (exact) mass is 374 g/mol. The standard InChI is InChI=1S/C21H27ClN2O2/c1-17-2-4-18(5-3-17)14-23-10-12-24(13-11-23)15-20(25)16-26-21-8-6-19(22)7-9-21/h2-9,20,25H,10-16H2,1H3. The Hall–Kier alpha value is -1.59. The van der Waals surface area contributed by atoms with Gasteiger partial charge < -0.3 is 9.84 Å². The van der Waals surface area contributed by atoms with Gasteiger partial charge in [0.15, 0.2) is 0 Å². The van der Waals surface area contributed by atoms with E-state index in [-0.39, 0.29) is 0 Å². The number of aliphatic hydroxyl groups is 1. The number of aliphatic hydroxyl groups excluding tert-OH is 1. The summed E-state index contributed by atoms with van der Waals surface area (Å²) in [5.41, 5.74) is 2.66. The van der Waals surface area contributed by atoms with Crippen molar-refractivity contribution in [3.8, 4) is 5.75 Å². The fourth-order valence-electron chi connectivity index (χ4n) is 3.16. The molecule has 0 amide bonds. The van der Waals surface area contributed by atoms with Crippen LogP contribution in [-0.2, 0) is 6.54 Å². The van der Waals surface area contributed by atoms with Gasteiger partial charge in [0.05, 0.1) is 0 Å². The molecule has 1 saturated heterocycles. The van der Waals surface area contributed by atoms with Gasteiger partial charge in [0.2, 0.25) is 0 Å². The van der Waals surface area contributed by atoms with E-state index in [1.165, 1.54) is 11.1 Å². The van der Waals surface area contributed by atoms with Gasteiger partial charge in [-0.25, -0.2) is 0 Å². The summed E-state index contributed by atoms with van der Waals surface area (Å²) >= 11 is 5.86. The van der Waals surface area contributed by atoms with Crippen LogP contribution in [0.15, 0.2) is 48.5 Å². The number of β-amino-alcohol motifs (C(OH)–C–C–N with tert-alkyl or cyclic N) is 1. The van der Waals surface area contributed by atoms with Crippen molar-refractivity contribution >= 4 is 11.6 Å². The van der Waals surface area contributed by atoms with Gasteiger partial charge in [-0.3, -0.25) is 9.80 Å². The van der Waals surface area contributed by atoms with Crippen LogP contribution in [0, 0.1) is 6.92 Å². The van der Waals surface area contributed by atoms with E-state index >= 15 is 0 Å². The van der Waals surface area contributed by atoms with Crippen LogP contribution < -0.4 is 4.74 Å². The van der Waals surface area contributed by atoms with Crippen LogP contribution in [0.5, 0.6) is 5.75 Å². The van der Waals surface area contributed by atoms with Crippen LogP contribution in [-0.4, -0.2) is 60.3 Å². The van der Waals surface area contributed by atoms with E-state index in [0.717, 1.165) is 38.5 Å². The Morgan fingerprint density at radius 1 is 0.962 bits per heavy atom. The fraction of sp³-hybridized carbons (Fsp3) is 0.429. The molecule has 1 N–H and O–H groups in total. The topological polar surface area (TPSA) is 35.9 Å². The molecule has 0 saturated carbocycles. The van der Waals surface area contributed by atoms with Crippen molar-refractivity contribution in [3.63, 3.8) is 0 Å². The summed E-state index contributed by atoms with van der Waals surface area (Å²) in [6.07, 6.45) is -0.491. The number of benzene rings is 2. The molecular formula is C21H27ClN2O2. The number of rotatable bonds is 7. The van der Waals surface area contributed by atoms with Gasteiger partial charge in [0.1, 0.15) is 18.5 Å². The molecule has 1 fully saturated rings. The SMILES string of the molecule is Cc1ccc(CN2CCN(CC(O)COc3ccc(Cl)cc3)CC2)cc1. The Morgan fingerprint density at radius 3 is 2.23 bits per heavy atom. The lowest BCUT2D eigenvalue weighted by Crippen LogP contribution is -2.48. The largest absolute Gasteiger partial charge is 0.491 e. The highest BCUT2D eigenvalue weighted by atomic mass is 35.5. The third-order valence-electron chi connectivity index (χ3n) is 4.72. The molecule has 3 rings (SSSR count). The molecule has 1 aliphatic rings. The Bertz CT molecular complexity index is 667. The number of nitrogens with zero attached hydrogens (tertiary/aromatic N) is 2. The lowest BCUT2D eigenvalue weighted by atomic mass is 10.1. The molecule has 2 aromatic carbocycles. The molecule has 1 atom stereocenters. The van der Waals surface area contributed by atoms with Gasteiger partial charge in [-0.1, -0.05) is 41.4 Å². The van der Waals surface area contributed by atoms with Crippen molar-refractivity contribution in [2.24, 2.45) is 0 Å². The quantitative estimate of drug-likeness (QED) is 0.807. The predicted octanol–water partition coefficient (Wildman–Crippen LogP) is 3.21. The second-order valence-electron chi connectivity index (χ2n) is 6.98. The highest BCUT2D eigenvalue weighted by molar-refractivity contribution is 6.30. The van der Waals surface area contributed by atoms with Crippen molar-refractivity contribution in [3.05, 3.63) is 64.7 Å². The van der Waals surface area contributed by atoms with Crippen molar-refractivity contribution in [2.75, 3.05) is 39.3 Å². The number of piperazine rings is 1. The normalized spacial score (nSPS) is 17.2. The lowest BCUT2D eigenvalue weighted by molar-refractivity contribution is 0.0446. The summed E-state index contributed by atoms with van der Waals surface area (Å²) < 4.78 is 5.63. The van der Waals surface area contributed by atoms with E-state index in [9.17, 15) is 5.11 Å². The van der Waals surface area contributed by atoms with Crippen molar-refractivity contribution in [1.29, 1.82) is 0 Å². The zero-order chi connectivity index (χ0) is 18.4. The van der Waals surface area contributed by atoms with E-state index in [1.807, 2.05) is 12.1 Å². The number of ether oxygens (including phenoxy) is 1. The third-order valence-corrected chi connectivity index (χ3v) is 4.97. The molecule has 0 radical (unpaired) electrons. The number of aryl methyl sites for hydroxylation is 1. The second-order valence-corrected chi connectivity index (χ2v) is 7.42. The maximum atomic E-state index is 10.2. The first-order valence-electron chi connectivity index (χ1n) is 9.15. The first kappa shape index (κ1) is 19.2. The van der Waals surface area contributed by atoms with E-state index in [4.69, 9.17) is 16.3 Å². The number of hydrogen-bond acceptors (Lipinski definition) is 4. The summed E-state index contributed by atoms with van der Waals surface area (Å²) in [6, 6.07) is 16.0. The number of halogens is 1. The van der Waals surface area contributed by atoms with Crippen molar-refractivity contribution < 1.29 is 9.84 Å². The highest BCUT2D eigenvalue weighted by Gasteiger charge is 2.19. The summed E-state index contributed by atoms with van der Waals surface area (Å²) in [4.78, 5) is 4.78. The van der Waals surface area contributed by atoms with Crippen LogP contribution in [0.4, 0.5) is 0 Å². The summed E-state index contributed by atoms with van der Waals surface area (Å²) in [5.74, 6) is 0.733. The van der Waals surface area contributed by atoms with E-state index in [0.29, 0.717) is 18.2 Å². The van der Waals surface area contributed by atoms with E-state index in [2.05, 4.69) is 41.0 Å². The zero-order valence-corrected chi connectivity index (χ0v) is 16.0. The van der Waals surface area contributed by atoms with E-state index < -0.39 is 6.10 Å². The Labute approximate surface area is 160 Å². The average molecular weight is 375 g/mol. The molecule has 2 aromatic rings. The lowest BCUT2D eigenvalue weighted by Gasteiger charge is -2.35. The number of hydrogen-bond donors (Lipinski definition) is 1. The molecule has 26 heavy (non-hydrogen) atoms. The van der Waals surface area contributed by atoms with Gasteiger partial charge in [-0.2, -0.15) is 0 Å².